The van der Waals surface area contributed by atoms with Gasteiger partial charge in [0, 0.05) is 17.7 Å². The lowest BCUT2D eigenvalue weighted by molar-refractivity contribution is 0.0954. The molecule has 0 fully saturated rings. The number of nitrogens with zero attached hydrogens (tertiary/aromatic N) is 2. The van der Waals surface area contributed by atoms with Crippen molar-refractivity contribution >= 4 is 23.1 Å². The van der Waals surface area contributed by atoms with E-state index in [2.05, 4.69) is 15.5 Å². The van der Waals surface area contributed by atoms with Crippen LogP contribution in [0.1, 0.15) is 26.5 Å². The van der Waals surface area contributed by atoms with E-state index in [1.165, 1.54) is 23.5 Å². The van der Waals surface area contributed by atoms with Gasteiger partial charge in [0.15, 0.2) is 5.84 Å². The van der Waals surface area contributed by atoms with Gasteiger partial charge in [0.1, 0.15) is 10.7 Å². The summed E-state index contributed by atoms with van der Waals surface area (Å²) in [6.07, 6.45) is 0. The normalized spacial score (nSPS) is 11.4. The molecule has 0 aliphatic carbocycles. The Morgan fingerprint density at radius 1 is 1.57 bits per heavy atom. The van der Waals surface area contributed by atoms with E-state index in [0.717, 1.165) is 6.07 Å². The van der Waals surface area contributed by atoms with Crippen LogP contribution >= 0.6 is 11.3 Å². The highest BCUT2D eigenvalue weighted by molar-refractivity contribution is 7.11. The van der Waals surface area contributed by atoms with Crippen LogP contribution in [-0.2, 0) is 6.54 Å². The molecule has 0 radical (unpaired) electrons. The van der Waals surface area contributed by atoms with E-state index in [4.69, 9.17) is 10.9 Å². The number of halogens is 1. The number of carbonyl (C=O) groups is 1. The Hall–Kier alpha value is -2.48. The van der Waals surface area contributed by atoms with Gasteiger partial charge in [-0.15, -0.1) is 11.3 Å². The molecular weight excluding hydrogens is 295 g/mol. The zero-order valence-electron chi connectivity index (χ0n) is 11.1. The van der Waals surface area contributed by atoms with Crippen molar-refractivity contribution in [2.75, 3.05) is 0 Å². The molecule has 0 atom stereocenters. The third-order valence-corrected chi connectivity index (χ3v) is 3.78. The van der Waals surface area contributed by atoms with Gasteiger partial charge in [-0.2, -0.15) is 0 Å². The molecule has 0 aliphatic heterocycles. The van der Waals surface area contributed by atoms with Crippen molar-refractivity contribution in [2.24, 2.45) is 10.9 Å². The van der Waals surface area contributed by atoms with Gasteiger partial charge in [0.05, 0.1) is 11.2 Å². The molecule has 4 N–H and O–H groups in total. The van der Waals surface area contributed by atoms with E-state index in [-0.39, 0.29) is 23.9 Å². The molecule has 6 nitrogen and oxygen atoms in total. The molecule has 2 aromatic rings. The summed E-state index contributed by atoms with van der Waals surface area (Å²) in [5.74, 6) is -1.01. The van der Waals surface area contributed by atoms with E-state index >= 15 is 0 Å². The molecular formula is C13H13FN4O2S. The Morgan fingerprint density at radius 3 is 2.90 bits per heavy atom. The second kappa shape index (κ2) is 6.31. The van der Waals surface area contributed by atoms with Crippen molar-refractivity contribution in [1.29, 1.82) is 0 Å². The first-order valence-corrected chi connectivity index (χ1v) is 6.85. The van der Waals surface area contributed by atoms with Gasteiger partial charge in [0.2, 0.25) is 0 Å². The highest BCUT2D eigenvalue weighted by Crippen LogP contribution is 2.13. The van der Waals surface area contributed by atoms with Crippen molar-refractivity contribution in [1.82, 2.24) is 10.3 Å². The van der Waals surface area contributed by atoms with Crippen LogP contribution < -0.4 is 11.1 Å². The molecule has 110 valence electrons. The summed E-state index contributed by atoms with van der Waals surface area (Å²) < 4.78 is 13.9. The Kier molecular flexibility index (Phi) is 4.49. The smallest absolute Gasteiger partial charge is 0.263 e. The van der Waals surface area contributed by atoms with E-state index in [1.54, 1.807) is 12.4 Å². The Labute approximate surface area is 124 Å². The maximum Gasteiger partial charge on any atom is 0.263 e. The number of carbonyl (C=O) groups excluding carboxylic acids is 1. The van der Waals surface area contributed by atoms with Crippen LogP contribution in [0.5, 0.6) is 0 Å². The molecule has 0 spiro atoms. The highest BCUT2D eigenvalue weighted by Gasteiger charge is 2.12. The lowest BCUT2D eigenvalue weighted by atomic mass is 10.1. The first kappa shape index (κ1) is 14.9. The van der Waals surface area contributed by atoms with Crippen LogP contribution in [0.4, 0.5) is 4.39 Å². The van der Waals surface area contributed by atoms with E-state index < -0.39 is 5.82 Å². The quantitative estimate of drug-likeness (QED) is 0.346. The van der Waals surface area contributed by atoms with Crippen molar-refractivity contribution in [3.63, 3.8) is 0 Å². The van der Waals surface area contributed by atoms with Gasteiger partial charge >= 0.3 is 0 Å². The number of amidine groups is 1. The largest absolute Gasteiger partial charge is 0.409 e. The lowest BCUT2D eigenvalue weighted by Gasteiger charge is -2.07. The second-order valence-corrected chi connectivity index (χ2v) is 5.10. The number of benzene rings is 1. The van der Waals surface area contributed by atoms with Crippen LogP contribution in [0.25, 0.3) is 0 Å². The molecule has 2 rings (SSSR count). The fraction of sp³-hybridized carbons (Fsp3) is 0.154. The first-order chi connectivity index (χ1) is 10.0. The number of thiazole rings is 1. The Morgan fingerprint density at radius 2 is 2.33 bits per heavy atom. The molecule has 1 heterocycles. The van der Waals surface area contributed by atoms with Crippen LogP contribution in [0.2, 0.25) is 0 Å². The molecule has 21 heavy (non-hydrogen) atoms. The van der Waals surface area contributed by atoms with Gasteiger partial charge in [0.25, 0.3) is 5.91 Å². The van der Waals surface area contributed by atoms with Crippen LogP contribution in [0, 0.1) is 12.7 Å². The summed E-state index contributed by atoms with van der Waals surface area (Å²) in [7, 11) is 0. The third-order valence-electron chi connectivity index (χ3n) is 2.85. The number of rotatable bonds is 4. The van der Waals surface area contributed by atoms with Gasteiger partial charge in [-0.1, -0.05) is 17.3 Å². The van der Waals surface area contributed by atoms with Crippen molar-refractivity contribution in [3.8, 4) is 0 Å². The topological polar surface area (TPSA) is 101 Å². The average Bonchev–Trinajstić information content (AvgIpc) is 2.91. The molecule has 0 saturated heterocycles. The summed E-state index contributed by atoms with van der Waals surface area (Å²) in [6, 6.07) is 4.13. The maximum atomic E-state index is 13.9. The number of hydrogen-bond donors (Lipinski definition) is 3. The fourth-order valence-electron chi connectivity index (χ4n) is 1.68. The van der Waals surface area contributed by atoms with Crippen LogP contribution in [-0.4, -0.2) is 21.9 Å². The SMILES string of the molecule is Cc1ncsc1C(=O)NCc1ccc(C(N)=NO)cc1F. The number of hydrogen-bond acceptors (Lipinski definition) is 5. The van der Waals surface area contributed by atoms with Crippen molar-refractivity contribution in [3.05, 3.63) is 51.2 Å². The van der Waals surface area contributed by atoms with Crippen molar-refractivity contribution < 1.29 is 14.4 Å². The molecule has 1 amide bonds. The predicted octanol–water partition coefficient (Wildman–Crippen LogP) is 1.62. The van der Waals surface area contributed by atoms with Gasteiger partial charge in [-0.3, -0.25) is 4.79 Å². The minimum Gasteiger partial charge on any atom is -0.409 e. The zero-order valence-corrected chi connectivity index (χ0v) is 11.9. The Balaban J connectivity index is 2.07. The number of oxime groups is 1. The molecule has 0 bridgehead atoms. The van der Waals surface area contributed by atoms with Crippen LogP contribution in [0.3, 0.4) is 0 Å². The van der Waals surface area contributed by atoms with E-state index in [1.807, 2.05) is 0 Å². The molecule has 0 saturated carbocycles. The minimum absolute atomic E-state index is 0.0401. The van der Waals surface area contributed by atoms with E-state index in [9.17, 15) is 9.18 Å². The average molecular weight is 308 g/mol. The highest BCUT2D eigenvalue weighted by atomic mass is 32.1. The fourth-order valence-corrected chi connectivity index (χ4v) is 2.40. The summed E-state index contributed by atoms with van der Waals surface area (Å²) in [4.78, 5) is 16.4. The molecule has 8 heteroatoms. The second-order valence-electron chi connectivity index (χ2n) is 4.24. The summed E-state index contributed by atoms with van der Waals surface area (Å²) in [5, 5.41) is 14.0. The first-order valence-electron chi connectivity index (χ1n) is 5.97. The zero-order chi connectivity index (χ0) is 15.4. The third kappa shape index (κ3) is 3.34. The number of aryl methyl sites for hydroxylation is 1. The van der Waals surface area contributed by atoms with Gasteiger partial charge in [-0.05, 0) is 13.0 Å². The van der Waals surface area contributed by atoms with Gasteiger partial charge < -0.3 is 16.3 Å². The monoisotopic (exact) mass is 308 g/mol. The number of nitrogens with two attached hydrogens (primary N) is 1. The lowest BCUT2D eigenvalue weighted by Crippen LogP contribution is -2.23. The standard InChI is InChI=1S/C13H13FN4O2S/c1-7-11(21-6-17-7)13(19)16-5-9-3-2-8(4-10(9)14)12(15)18-20/h2-4,6,20H,5H2,1H3,(H2,15,18)(H,16,19). The molecule has 0 aliphatic rings. The Bertz CT molecular complexity index is 699. The molecule has 1 aromatic heterocycles. The van der Waals surface area contributed by atoms with Crippen molar-refractivity contribution in [2.45, 2.75) is 13.5 Å². The molecule has 0 unspecified atom stereocenters. The minimum atomic E-state index is -0.541. The maximum absolute atomic E-state index is 13.9. The van der Waals surface area contributed by atoms with E-state index in [0.29, 0.717) is 16.1 Å². The molecule has 1 aromatic carbocycles. The number of nitrogens with one attached hydrogen (secondary N) is 1. The summed E-state index contributed by atoms with van der Waals surface area (Å²) in [5.41, 5.74) is 8.17. The summed E-state index contributed by atoms with van der Waals surface area (Å²) >= 11 is 1.23. The predicted molar refractivity (Wildman–Crippen MR) is 76.9 cm³/mol. The van der Waals surface area contributed by atoms with Crippen LogP contribution in [0.15, 0.2) is 28.9 Å². The van der Waals surface area contributed by atoms with Gasteiger partial charge in [-0.25, -0.2) is 9.37 Å². The number of amides is 1. The number of aromatic nitrogens is 1. The summed E-state index contributed by atoms with van der Waals surface area (Å²) in [6.45, 7) is 1.77.